The molecule has 0 aromatic heterocycles. The number of anilines is 1. The fraction of sp³-hybridized carbons (Fsp3) is 0.182. The second-order valence-corrected chi connectivity index (χ2v) is 2.61. The topological polar surface area (TPSA) is 38.3 Å². The normalized spacial score (nSPS) is 9.07. The minimum Gasteiger partial charge on any atom is -0.359 e. The lowest BCUT2D eigenvalue weighted by Gasteiger charge is -2.03. The summed E-state index contributed by atoms with van der Waals surface area (Å²) in [5.41, 5.74) is 0.752. The fourth-order valence-electron chi connectivity index (χ4n) is 0.921. The first kappa shape index (κ1) is 10.3. The summed E-state index contributed by atoms with van der Waals surface area (Å²) >= 11 is 0. The summed E-state index contributed by atoms with van der Waals surface area (Å²) in [4.78, 5) is 11.2. The second-order valence-electron chi connectivity index (χ2n) is 2.61. The van der Waals surface area contributed by atoms with E-state index < -0.39 is 0 Å². The van der Waals surface area contributed by atoms with E-state index in [0.29, 0.717) is 0 Å². The zero-order valence-corrected chi connectivity index (χ0v) is 7.69. The Morgan fingerprint density at radius 3 is 2.79 bits per heavy atom. The van der Waals surface area contributed by atoms with Crippen molar-refractivity contribution in [1.29, 1.82) is 0 Å². The number of hydrogen-bond donors (Lipinski definition) is 1. The van der Waals surface area contributed by atoms with Crippen molar-refractivity contribution in [2.45, 2.75) is 0 Å². The van der Waals surface area contributed by atoms with Crippen LogP contribution in [0, 0.1) is 12.3 Å². The van der Waals surface area contributed by atoms with Gasteiger partial charge in [-0.3, -0.25) is 4.79 Å². The maximum atomic E-state index is 11.2. The fourth-order valence-corrected chi connectivity index (χ4v) is 0.921. The van der Waals surface area contributed by atoms with Crippen LogP contribution in [0.4, 0.5) is 5.69 Å². The molecule has 0 aliphatic carbocycles. The van der Waals surface area contributed by atoms with E-state index in [0.717, 1.165) is 5.69 Å². The second kappa shape index (κ2) is 5.79. The molecule has 0 bridgehead atoms. The molecule has 1 rings (SSSR count). The molecular weight excluding hydrogens is 178 g/mol. The standard InChI is InChI=1S/C11H11NO2/c1-2-8-14-9-11(13)12-10-6-4-3-5-7-10/h1,3-7H,8-9H2,(H,12,13). The first-order valence-electron chi connectivity index (χ1n) is 4.19. The Labute approximate surface area is 83.1 Å². The Kier molecular flexibility index (Phi) is 4.25. The Morgan fingerprint density at radius 1 is 1.43 bits per heavy atom. The van der Waals surface area contributed by atoms with Gasteiger partial charge in [0.05, 0.1) is 0 Å². The number of para-hydroxylation sites is 1. The quantitative estimate of drug-likeness (QED) is 0.572. The molecule has 0 fully saturated rings. The number of carbonyl (C=O) groups excluding carboxylic acids is 1. The Balaban J connectivity index is 2.32. The molecule has 1 N–H and O–H groups in total. The lowest BCUT2D eigenvalue weighted by Crippen LogP contribution is -2.18. The van der Waals surface area contributed by atoms with Crippen LogP contribution in [0.5, 0.6) is 0 Å². The van der Waals surface area contributed by atoms with Crippen LogP contribution in [-0.4, -0.2) is 19.1 Å². The van der Waals surface area contributed by atoms with Gasteiger partial charge in [-0.2, -0.15) is 0 Å². The molecule has 0 spiro atoms. The average Bonchev–Trinajstić information content (AvgIpc) is 2.20. The molecule has 0 heterocycles. The van der Waals surface area contributed by atoms with Crippen molar-refractivity contribution in [3.8, 4) is 12.3 Å². The van der Waals surface area contributed by atoms with E-state index in [9.17, 15) is 4.79 Å². The zero-order chi connectivity index (χ0) is 10.2. The van der Waals surface area contributed by atoms with Gasteiger partial charge in [-0.05, 0) is 12.1 Å². The third-order valence-electron chi connectivity index (χ3n) is 1.48. The first-order valence-corrected chi connectivity index (χ1v) is 4.19. The minimum absolute atomic E-state index is 0.0148. The van der Waals surface area contributed by atoms with Gasteiger partial charge in [-0.1, -0.05) is 24.1 Å². The monoisotopic (exact) mass is 189 g/mol. The van der Waals surface area contributed by atoms with E-state index in [1.165, 1.54) is 0 Å². The van der Waals surface area contributed by atoms with E-state index in [2.05, 4.69) is 11.2 Å². The van der Waals surface area contributed by atoms with Crippen molar-refractivity contribution >= 4 is 11.6 Å². The zero-order valence-electron chi connectivity index (χ0n) is 7.69. The molecule has 0 saturated heterocycles. The molecule has 3 heteroatoms. The van der Waals surface area contributed by atoms with Gasteiger partial charge in [-0.15, -0.1) is 6.42 Å². The number of amides is 1. The molecule has 0 radical (unpaired) electrons. The summed E-state index contributed by atoms with van der Waals surface area (Å²) in [6.45, 7) is 0.140. The van der Waals surface area contributed by atoms with Crippen LogP contribution in [-0.2, 0) is 9.53 Å². The largest absolute Gasteiger partial charge is 0.359 e. The Morgan fingerprint density at radius 2 is 2.14 bits per heavy atom. The van der Waals surface area contributed by atoms with Crippen molar-refractivity contribution in [3.05, 3.63) is 30.3 Å². The molecule has 0 aliphatic rings. The highest BCUT2D eigenvalue weighted by Crippen LogP contribution is 2.04. The van der Waals surface area contributed by atoms with E-state index in [1.54, 1.807) is 12.1 Å². The molecule has 72 valence electrons. The Bertz CT molecular complexity index is 327. The maximum absolute atomic E-state index is 11.2. The van der Waals surface area contributed by atoms with Crippen LogP contribution >= 0.6 is 0 Å². The van der Waals surface area contributed by atoms with E-state index in [1.807, 2.05) is 18.2 Å². The summed E-state index contributed by atoms with van der Waals surface area (Å²) < 4.78 is 4.87. The number of rotatable bonds is 4. The van der Waals surface area contributed by atoms with Crippen LogP contribution in [0.1, 0.15) is 0 Å². The van der Waals surface area contributed by atoms with Gasteiger partial charge < -0.3 is 10.1 Å². The molecule has 1 aromatic rings. The van der Waals surface area contributed by atoms with E-state index >= 15 is 0 Å². The molecule has 0 aliphatic heterocycles. The molecule has 0 saturated carbocycles. The summed E-state index contributed by atoms with van der Waals surface area (Å²) in [6, 6.07) is 9.18. The van der Waals surface area contributed by atoms with Crippen LogP contribution in [0.2, 0.25) is 0 Å². The summed E-state index contributed by atoms with van der Waals surface area (Å²) in [5.74, 6) is 2.08. The molecule has 1 amide bonds. The predicted molar refractivity (Wildman–Crippen MR) is 54.7 cm³/mol. The van der Waals surface area contributed by atoms with Gasteiger partial charge in [0.2, 0.25) is 5.91 Å². The predicted octanol–water partition coefficient (Wildman–Crippen LogP) is 1.27. The number of terminal acetylenes is 1. The van der Waals surface area contributed by atoms with Crippen molar-refractivity contribution in [2.24, 2.45) is 0 Å². The third-order valence-corrected chi connectivity index (χ3v) is 1.48. The van der Waals surface area contributed by atoms with E-state index in [-0.39, 0.29) is 19.1 Å². The van der Waals surface area contributed by atoms with Gasteiger partial charge in [0.15, 0.2) is 0 Å². The van der Waals surface area contributed by atoms with Gasteiger partial charge >= 0.3 is 0 Å². The minimum atomic E-state index is -0.202. The summed E-state index contributed by atoms with van der Waals surface area (Å²) in [5, 5.41) is 2.67. The highest BCUT2D eigenvalue weighted by molar-refractivity contribution is 5.91. The highest BCUT2D eigenvalue weighted by Gasteiger charge is 2.00. The van der Waals surface area contributed by atoms with Crippen LogP contribution in [0.15, 0.2) is 30.3 Å². The SMILES string of the molecule is C#CCOCC(=O)Nc1ccccc1. The van der Waals surface area contributed by atoms with Crippen molar-refractivity contribution in [2.75, 3.05) is 18.5 Å². The molecule has 3 nitrogen and oxygen atoms in total. The number of hydrogen-bond acceptors (Lipinski definition) is 2. The number of carbonyl (C=O) groups is 1. The van der Waals surface area contributed by atoms with Crippen molar-refractivity contribution in [1.82, 2.24) is 0 Å². The number of benzene rings is 1. The molecule has 0 atom stereocenters. The highest BCUT2D eigenvalue weighted by atomic mass is 16.5. The van der Waals surface area contributed by atoms with Gasteiger partial charge in [0, 0.05) is 5.69 Å². The van der Waals surface area contributed by atoms with Gasteiger partial charge in [0.1, 0.15) is 13.2 Å². The lowest BCUT2D eigenvalue weighted by atomic mass is 10.3. The van der Waals surface area contributed by atoms with Gasteiger partial charge in [-0.25, -0.2) is 0 Å². The lowest BCUT2D eigenvalue weighted by molar-refractivity contribution is -0.120. The average molecular weight is 189 g/mol. The Hall–Kier alpha value is -1.79. The number of nitrogens with one attached hydrogen (secondary N) is 1. The van der Waals surface area contributed by atoms with Crippen molar-refractivity contribution in [3.63, 3.8) is 0 Å². The number of ether oxygens (including phenoxy) is 1. The van der Waals surface area contributed by atoms with Gasteiger partial charge in [0.25, 0.3) is 0 Å². The maximum Gasteiger partial charge on any atom is 0.250 e. The third kappa shape index (κ3) is 3.74. The molecule has 0 unspecified atom stereocenters. The summed E-state index contributed by atoms with van der Waals surface area (Å²) in [6.07, 6.45) is 4.96. The van der Waals surface area contributed by atoms with Crippen LogP contribution in [0.3, 0.4) is 0 Å². The van der Waals surface area contributed by atoms with E-state index in [4.69, 9.17) is 11.2 Å². The molecule has 14 heavy (non-hydrogen) atoms. The van der Waals surface area contributed by atoms with Crippen LogP contribution in [0.25, 0.3) is 0 Å². The molecular formula is C11H11NO2. The smallest absolute Gasteiger partial charge is 0.250 e. The summed E-state index contributed by atoms with van der Waals surface area (Å²) in [7, 11) is 0. The van der Waals surface area contributed by atoms with Crippen LogP contribution < -0.4 is 5.32 Å². The first-order chi connectivity index (χ1) is 6.83. The van der Waals surface area contributed by atoms with Crippen molar-refractivity contribution < 1.29 is 9.53 Å². The molecule has 1 aromatic carbocycles.